The molecule has 1 aliphatic rings. The molecule has 0 saturated heterocycles. The topological polar surface area (TPSA) is 75.6 Å². The van der Waals surface area contributed by atoms with Gasteiger partial charge in [-0.2, -0.15) is 13.2 Å². The molecule has 1 aliphatic carbocycles. The zero-order chi connectivity index (χ0) is 17.7. The SMILES string of the molecule is O=C(O)COc1cccc(NC(=O)C2CCCC(C(F)(F)F)C2)c1. The van der Waals surface area contributed by atoms with Gasteiger partial charge in [-0.15, -0.1) is 0 Å². The van der Waals surface area contributed by atoms with Gasteiger partial charge >= 0.3 is 12.1 Å². The summed E-state index contributed by atoms with van der Waals surface area (Å²) < 4.78 is 43.4. The molecule has 0 aliphatic heterocycles. The molecule has 0 spiro atoms. The Morgan fingerprint density at radius 3 is 2.71 bits per heavy atom. The van der Waals surface area contributed by atoms with Crippen molar-refractivity contribution in [1.29, 1.82) is 0 Å². The van der Waals surface area contributed by atoms with Crippen LogP contribution in [0.15, 0.2) is 24.3 Å². The van der Waals surface area contributed by atoms with Crippen molar-refractivity contribution in [2.45, 2.75) is 31.9 Å². The number of rotatable bonds is 5. The van der Waals surface area contributed by atoms with Crippen LogP contribution in [0.3, 0.4) is 0 Å². The zero-order valence-corrected chi connectivity index (χ0v) is 12.8. The summed E-state index contributed by atoms with van der Waals surface area (Å²) in [7, 11) is 0. The van der Waals surface area contributed by atoms with E-state index in [0.29, 0.717) is 18.5 Å². The first-order chi connectivity index (χ1) is 11.3. The largest absolute Gasteiger partial charge is 0.482 e. The average molecular weight is 345 g/mol. The Hall–Kier alpha value is -2.25. The van der Waals surface area contributed by atoms with Gasteiger partial charge in [0, 0.05) is 17.7 Å². The normalized spacial score (nSPS) is 21.1. The van der Waals surface area contributed by atoms with Crippen LogP contribution in [0.4, 0.5) is 18.9 Å². The van der Waals surface area contributed by atoms with Crippen molar-refractivity contribution < 1.29 is 32.6 Å². The number of carboxylic acid groups (broad SMARTS) is 1. The van der Waals surface area contributed by atoms with Crippen molar-refractivity contribution in [2.24, 2.45) is 11.8 Å². The molecule has 2 rings (SSSR count). The molecule has 5 nitrogen and oxygen atoms in total. The molecule has 24 heavy (non-hydrogen) atoms. The zero-order valence-electron chi connectivity index (χ0n) is 12.8. The van der Waals surface area contributed by atoms with E-state index in [2.05, 4.69) is 5.32 Å². The molecular weight excluding hydrogens is 327 g/mol. The number of halogens is 3. The standard InChI is InChI=1S/C16H18F3NO4/c17-16(18,19)11-4-1-3-10(7-11)15(23)20-12-5-2-6-13(8-12)24-9-14(21)22/h2,5-6,8,10-11H,1,3-4,7,9H2,(H,20,23)(H,21,22). The summed E-state index contributed by atoms with van der Waals surface area (Å²) in [6, 6.07) is 6.09. The van der Waals surface area contributed by atoms with Gasteiger partial charge in [0.25, 0.3) is 0 Å². The Labute approximate surface area is 136 Å². The minimum atomic E-state index is -4.27. The second-order valence-electron chi connectivity index (χ2n) is 5.80. The second-order valence-corrected chi connectivity index (χ2v) is 5.80. The minimum Gasteiger partial charge on any atom is -0.482 e. The molecule has 2 N–H and O–H groups in total. The molecule has 0 aromatic heterocycles. The molecule has 8 heteroatoms. The van der Waals surface area contributed by atoms with Crippen molar-refractivity contribution in [3.8, 4) is 5.75 Å². The van der Waals surface area contributed by atoms with Crippen LogP contribution in [0.25, 0.3) is 0 Å². The Balaban J connectivity index is 1.96. The lowest BCUT2D eigenvalue weighted by Crippen LogP contribution is -2.34. The highest BCUT2D eigenvalue weighted by atomic mass is 19.4. The maximum Gasteiger partial charge on any atom is 0.391 e. The summed E-state index contributed by atoms with van der Waals surface area (Å²) in [6.45, 7) is -0.521. The average Bonchev–Trinajstić information content (AvgIpc) is 2.52. The Kier molecular flexibility index (Phi) is 5.69. The monoisotopic (exact) mass is 345 g/mol. The van der Waals surface area contributed by atoms with Gasteiger partial charge in [0.05, 0.1) is 5.92 Å². The molecule has 1 fully saturated rings. The van der Waals surface area contributed by atoms with Gasteiger partial charge in [-0.25, -0.2) is 4.79 Å². The van der Waals surface area contributed by atoms with Crippen LogP contribution >= 0.6 is 0 Å². The summed E-state index contributed by atoms with van der Waals surface area (Å²) in [5.74, 6) is -3.46. The first-order valence-electron chi connectivity index (χ1n) is 7.58. The molecule has 1 aromatic rings. The number of alkyl halides is 3. The van der Waals surface area contributed by atoms with Gasteiger partial charge in [-0.1, -0.05) is 12.5 Å². The Morgan fingerprint density at radius 2 is 2.04 bits per heavy atom. The lowest BCUT2D eigenvalue weighted by Gasteiger charge is -2.29. The van der Waals surface area contributed by atoms with Crippen LogP contribution in [-0.4, -0.2) is 29.8 Å². The van der Waals surface area contributed by atoms with Crippen LogP contribution in [0.2, 0.25) is 0 Å². The number of nitrogens with one attached hydrogen (secondary N) is 1. The van der Waals surface area contributed by atoms with Gasteiger partial charge in [-0.3, -0.25) is 4.79 Å². The summed E-state index contributed by atoms with van der Waals surface area (Å²) in [5.41, 5.74) is 0.358. The van der Waals surface area contributed by atoms with E-state index < -0.39 is 36.5 Å². The van der Waals surface area contributed by atoms with E-state index in [-0.39, 0.29) is 18.6 Å². The van der Waals surface area contributed by atoms with Crippen molar-refractivity contribution in [3.63, 3.8) is 0 Å². The van der Waals surface area contributed by atoms with Crippen molar-refractivity contribution in [3.05, 3.63) is 24.3 Å². The molecule has 0 bridgehead atoms. The number of carboxylic acids is 1. The lowest BCUT2D eigenvalue weighted by atomic mass is 9.80. The molecule has 0 radical (unpaired) electrons. The van der Waals surface area contributed by atoms with Crippen molar-refractivity contribution >= 4 is 17.6 Å². The van der Waals surface area contributed by atoms with Crippen molar-refractivity contribution in [2.75, 3.05) is 11.9 Å². The maximum absolute atomic E-state index is 12.8. The van der Waals surface area contributed by atoms with E-state index in [4.69, 9.17) is 9.84 Å². The van der Waals surface area contributed by atoms with E-state index in [1.165, 1.54) is 12.1 Å². The first kappa shape index (κ1) is 18.1. The first-order valence-corrected chi connectivity index (χ1v) is 7.58. The van der Waals surface area contributed by atoms with Gasteiger partial charge in [0.2, 0.25) is 5.91 Å². The molecule has 2 unspecified atom stereocenters. The molecule has 132 valence electrons. The number of hydrogen-bond donors (Lipinski definition) is 2. The number of hydrogen-bond acceptors (Lipinski definition) is 3. The Bertz CT molecular complexity index is 603. The van der Waals surface area contributed by atoms with Crippen LogP contribution in [0.1, 0.15) is 25.7 Å². The number of carbonyl (C=O) groups excluding carboxylic acids is 1. The molecule has 0 heterocycles. The number of anilines is 1. The summed E-state index contributed by atoms with van der Waals surface area (Å²) in [4.78, 5) is 22.7. The van der Waals surface area contributed by atoms with E-state index >= 15 is 0 Å². The predicted molar refractivity (Wildman–Crippen MR) is 79.7 cm³/mol. The number of aliphatic carboxylic acids is 1. The number of benzene rings is 1. The fourth-order valence-electron chi connectivity index (χ4n) is 2.78. The maximum atomic E-state index is 12.8. The quantitative estimate of drug-likeness (QED) is 0.857. The fourth-order valence-corrected chi connectivity index (χ4v) is 2.78. The summed E-state index contributed by atoms with van der Waals surface area (Å²) in [6.07, 6.45) is -3.63. The Morgan fingerprint density at radius 1 is 1.29 bits per heavy atom. The minimum absolute atomic E-state index is 0.0613. The van der Waals surface area contributed by atoms with Gasteiger partial charge < -0.3 is 15.2 Å². The van der Waals surface area contributed by atoms with Crippen LogP contribution in [-0.2, 0) is 9.59 Å². The summed E-state index contributed by atoms with van der Waals surface area (Å²) in [5, 5.41) is 11.1. The van der Waals surface area contributed by atoms with Crippen molar-refractivity contribution in [1.82, 2.24) is 0 Å². The number of amides is 1. The van der Waals surface area contributed by atoms with E-state index in [1.807, 2.05) is 0 Å². The molecular formula is C16H18F3NO4. The van der Waals surface area contributed by atoms with Crippen LogP contribution < -0.4 is 10.1 Å². The molecule has 1 amide bonds. The fraction of sp³-hybridized carbons (Fsp3) is 0.500. The second kappa shape index (κ2) is 7.55. The molecule has 1 saturated carbocycles. The van der Waals surface area contributed by atoms with E-state index in [1.54, 1.807) is 12.1 Å². The smallest absolute Gasteiger partial charge is 0.391 e. The lowest BCUT2D eigenvalue weighted by molar-refractivity contribution is -0.185. The highest BCUT2D eigenvalue weighted by Crippen LogP contribution is 2.40. The third-order valence-electron chi connectivity index (χ3n) is 3.97. The third-order valence-corrected chi connectivity index (χ3v) is 3.97. The third kappa shape index (κ3) is 5.14. The van der Waals surface area contributed by atoms with Crippen LogP contribution in [0, 0.1) is 11.8 Å². The molecule has 1 aromatic carbocycles. The van der Waals surface area contributed by atoms with E-state index in [9.17, 15) is 22.8 Å². The highest BCUT2D eigenvalue weighted by molar-refractivity contribution is 5.92. The highest BCUT2D eigenvalue weighted by Gasteiger charge is 2.43. The van der Waals surface area contributed by atoms with Crippen LogP contribution in [0.5, 0.6) is 5.75 Å². The number of carbonyl (C=O) groups is 2. The van der Waals surface area contributed by atoms with Gasteiger partial charge in [0.1, 0.15) is 5.75 Å². The predicted octanol–water partition coefficient (Wildman–Crippen LogP) is 3.46. The summed E-state index contributed by atoms with van der Waals surface area (Å²) >= 11 is 0. The van der Waals surface area contributed by atoms with Gasteiger partial charge in [-0.05, 0) is 31.4 Å². The molecule has 2 atom stereocenters. The van der Waals surface area contributed by atoms with Gasteiger partial charge in [0.15, 0.2) is 6.61 Å². The van der Waals surface area contributed by atoms with E-state index in [0.717, 1.165) is 0 Å². The number of ether oxygens (including phenoxy) is 1.